The molecule has 8 heteroatoms. The van der Waals surface area contributed by atoms with Crippen LogP contribution in [-0.4, -0.2) is 47.3 Å². The topological polar surface area (TPSA) is 74.5 Å². The Bertz CT molecular complexity index is 849. The van der Waals surface area contributed by atoms with Crippen molar-refractivity contribution in [2.75, 3.05) is 25.2 Å². The third-order valence-electron chi connectivity index (χ3n) is 5.25. The van der Waals surface area contributed by atoms with Gasteiger partial charge in [-0.2, -0.15) is 4.98 Å². The molecule has 3 heterocycles. The second kappa shape index (κ2) is 5.66. The molecule has 2 atom stereocenters. The van der Waals surface area contributed by atoms with E-state index in [4.69, 9.17) is 4.52 Å². The molecule has 1 aromatic carbocycles. The number of fused-ring (bicyclic) bond motifs is 3. The summed E-state index contributed by atoms with van der Waals surface area (Å²) < 4.78 is 6.43. The van der Waals surface area contributed by atoms with Crippen LogP contribution in [0.5, 0.6) is 0 Å². The quantitative estimate of drug-likeness (QED) is 0.712. The molecule has 130 valence electrons. The number of carbonyl (C=O) groups excluding carboxylic acids is 1. The molecular formula is C17H18IN5O2. The van der Waals surface area contributed by atoms with E-state index in [2.05, 4.69) is 42.9 Å². The van der Waals surface area contributed by atoms with Gasteiger partial charge in [0.05, 0.1) is 30.0 Å². The summed E-state index contributed by atoms with van der Waals surface area (Å²) in [5.41, 5.74) is 1.76. The van der Waals surface area contributed by atoms with Crippen molar-refractivity contribution in [3.05, 3.63) is 39.0 Å². The lowest BCUT2D eigenvalue weighted by Gasteiger charge is -2.27. The van der Waals surface area contributed by atoms with Gasteiger partial charge in [-0.25, -0.2) is 0 Å². The molecule has 2 fully saturated rings. The molecule has 0 bridgehead atoms. The first-order valence-corrected chi connectivity index (χ1v) is 9.59. The Hall–Kier alpha value is -1.68. The van der Waals surface area contributed by atoms with Crippen molar-refractivity contribution in [1.29, 1.82) is 0 Å². The summed E-state index contributed by atoms with van der Waals surface area (Å²) in [5, 5.41) is 7.73. The van der Waals surface area contributed by atoms with Gasteiger partial charge in [0.1, 0.15) is 0 Å². The molecule has 2 unspecified atom stereocenters. The largest absolute Gasteiger partial charge is 0.351 e. The average molecular weight is 447 g/mol. The maximum atomic E-state index is 12.9. The van der Waals surface area contributed by atoms with Crippen LogP contribution in [0.15, 0.2) is 22.7 Å². The van der Waals surface area contributed by atoms with Crippen LogP contribution in [0.2, 0.25) is 0 Å². The van der Waals surface area contributed by atoms with Crippen LogP contribution in [-0.2, 0) is 0 Å². The Balaban J connectivity index is 1.54. The zero-order chi connectivity index (χ0) is 17.1. The van der Waals surface area contributed by atoms with E-state index >= 15 is 0 Å². The molecule has 1 aliphatic carbocycles. The molecule has 0 radical (unpaired) electrons. The fourth-order valence-electron chi connectivity index (χ4n) is 3.75. The minimum absolute atomic E-state index is 0.0460. The lowest BCUT2D eigenvalue weighted by atomic mass is 10.1. The highest BCUT2D eigenvalue weighted by Gasteiger charge is 2.43. The van der Waals surface area contributed by atoms with Gasteiger partial charge >= 0.3 is 0 Å². The van der Waals surface area contributed by atoms with Gasteiger partial charge in [-0.15, -0.1) is 0 Å². The van der Waals surface area contributed by atoms with E-state index in [-0.39, 0.29) is 18.0 Å². The number of nitrogens with one attached hydrogen (secondary N) is 1. The minimum Gasteiger partial charge on any atom is -0.351 e. The number of anilines is 1. The molecule has 2 aliphatic heterocycles. The predicted octanol–water partition coefficient (Wildman–Crippen LogP) is 2.11. The van der Waals surface area contributed by atoms with Gasteiger partial charge in [-0.05, 0) is 47.6 Å². The molecule has 1 saturated carbocycles. The summed E-state index contributed by atoms with van der Waals surface area (Å²) in [5.74, 6) is 1.96. The standard InChI is InChI=1S/C17H18IN5O2/c1-22-7-12-14(15-20-16(25-21-15)9-5-6-9)19-8-23(12)11-4-2-3-10(18)13(11)17(22)24/h2-4,9,12,14,19H,5-8H2,1H3/i18-4. The molecule has 25 heavy (non-hydrogen) atoms. The normalized spacial score (nSPS) is 25.8. The number of carbonyl (C=O) groups is 1. The van der Waals surface area contributed by atoms with E-state index in [1.807, 2.05) is 25.2 Å². The van der Waals surface area contributed by atoms with Gasteiger partial charge in [-0.1, -0.05) is 11.2 Å². The van der Waals surface area contributed by atoms with Crippen molar-refractivity contribution in [3.8, 4) is 0 Å². The van der Waals surface area contributed by atoms with E-state index in [9.17, 15) is 4.79 Å². The van der Waals surface area contributed by atoms with Gasteiger partial charge in [0.2, 0.25) is 5.89 Å². The molecule has 2 aromatic rings. The maximum absolute atomic E-state index is 12.9. The number of hydrogen-bond acceptors (Lipinski definition) is 6. The minimum atomic E-state index is -0.0460. The highest BCUT2D eigenvalue weighted by Crippen LogP contribution is 2.40. The number of aromatic nitrogens is 2. The van der Waals surface area contributed by atoms with Crippen LogP contribution in [0.4, 0.5) is 5.69 Å². The van der Waals surface area contributed by atoms with Crippen LogP contribution in [0.3, 0.4) is 0 Å². The Kier molecular flexibility index (Phi) is 3.53. The number of rotatable bonds is 2. The van der Waals surface area contributed by atoms with Crippen LogP contribution in [0.1, 0.15) is 46.9 Å². The molecule has 0 spiro atoms. The summed E-state index contributed by atoms with van der Waals surface area (Å²) in [6, 6.07) is 6.04. The third-order valence-corrected chi connectivity index (χ3v) is 6.15. The molecule has 7 nitrogen and oxygen atoms in total. The summed E-state index contributed by atoms with van der Waals surface area (Å²) in [6.07, 6.45) is 2.27. The first-order chi connectivity index (χ1) is 12.1. The molecule has 1 saturated heterocycles. The fourth-order valence-corrected chi connectivity index (χ4v) is 4.46. The first-order valence-electron chi connectivity index (χ1n) is 8.51. The summed E-state index contributed by atoms with van der Waals surface area (Å²) >= 11 is 2.24. The summed E-state index contributed by atoms with van der Waals surface area (Å²) in [4.78, 5) is 21.5. The molecule has 5 rings (SSSR count). The molecule has 1 N–H and O–H groups in total. The van der Waals surface area contributed by atoms with Crippen LogP contribution < -0.4 is 10.2 Å². The van der Waals surface area contributed by atoms with Gasteiger partial charge < -0.3 is 14.3 Å². The number of likely N-dealkylation sites (N-methyl/N-ethyl adjacent to an activating group) is 1. The number of amides is 1. The van der Waals surface area contributed by atoms with Crippen molar-refractivity contribution in [2.24, 2.45) is 0 Å². The second-order valence-electron chi connectivity index (χ2n) is 6.96. The summed E-state index contributed by atoms with van der Waals surface area (Å²) in [6.45, 7) is 1.28. The molecule has 3 aliphatic rings. The monoisotopic (exact) mass is 447 g/mol. The van der Waals surface area contributed by atoms with E-state index in [0.29, 0.717) is 25.0 Å². The van der Waals surface area contributed by atoms with Crippen LogP contribution in [0.25, 0.3) is 0 Å². The van der Waals surface area contributed by atoms with Crippen molar-refractivity contribution in [1.82, 2.24) is 20.4 Å². The smallest absolute Gasteiger partial charge is 0.256 e. The lowest BCUT2D eigenvalue weighted by molar-refractivity contribution is 0.0791. The summed E-state index contributed by atoms with van der Waals surface area (Å²) in [7, 11) is 1.86. The van der Waals surface area contributed by atoms with Gasteiger partial charge in [0.25, 0.3) is 5.91 Å². The van der Waals surface area contributed by atoms with Gasteiger partial charge in [0.15, 0.2) is 5.82 Å². The first kappa shape index (κ1) is 15.6. The molecule has 1 amide bonds. The number of halogens is 1. The van der Waals surface area contributed by atoms with E-state index in [0.717, 1.165) is 33.6 Å². The zero-order valence-corrected chi connectivity index (χ0v) is 15.9. The van der Waals surface area contributed by atoms with E-state index < -0.39 is 0 Å². The Morgan fingerprint density at radius 2 is 2.20 bits per heavy atom. The van der Waals surface area contributed by atoms with Crippen molar-refractivity contribution in [3.63, 3.8) is 0 Å². The van der Waals surface area contributed by atoms with Crippen LogP contribution >= 0.6 is 22.6 Å². The average Bonchev–Trinajstić information content (AvgIpc) is 3.22. The molecular weight excluding hydrogens is 429 g/mol. The SMILES string of the molecule is CN1CC2C(c3noc(C4CC4)n3)NCN2c2cccc([123I])c2C1=O. The number of hydrogen-bond donors (Lipinski definition) is 1. The van der Waals surface area contributed by atoms with Crippen LogP contribution in [0, 0.1) is 3.57 Å². The van der Waals surface area contributed by atoms with Gasteiger partial charge in [-0.3, -0.25) is 10.1 Å². The number of benzene rings is 1. The second-order valence-corrected chi connectivity index (χ2v) is 8.12. The fraction of sp³-hybridized carbons (Fsp3) is 0.471. The van der Waals surface area contributed by atoms with Gasteiger partial charge in [0, 0.05) is 23.1 Å². The van der Waals surface area contributed by atoms with Crippen molar-refractivity contribution in [2.45, 2.75) is 30.8 Å². The number of nitrogens with zero attached hydrogens (tertiary/aromatic N) is 4. The maximum Gasteiger partial charge on any atom is 0.256 e. The Morgan fingerprint density at radius 3 is 3.00 bits per heavy atom. The Labute approximate surface area is 158 Å². The zero-order valence-electron chi connectivity index (χ0n) is 13.8. The Morgan fingerprint density at radius 1 is 1.36 bits per heavy atom. The van der Waals surface area contributed by atoms with Crippen molar-refractivity contribution >= 4 is 34.2 Å². The van der Waals surface area contributed by atoms with E-state index in [1.54, 1.807) is 4.90 Å². The third kappa shape index (κ3) is 2.45. The van der Waals surface area contributed by atoms with E-state index in [1.165, 1.54) is 0 Å². The lowest BCUT2D eigenvalue weighted by Crippen LogP contribution is -2.40. The highest BCUT2D eigenvalue weighted by molar-refractivity contribution is 14.1. The molecule has 1 aromatic heterocycles. The van der Waals surface area contributed by atoms with Crippen molar-refractivity contribution < 1.29 is 9.32 Å². The highest BCUT2D eigenvalue weighted by atomic mass is 123. The predicted molar refractivity (Wildman–Crippen MR) is 99.4 cm³/mol.